The first-order valence-electron chi connectivity index (χ1n) is 9.61. The number of rotatable bonds is 4. The Balaban J connectivity index is 0.000000552. The number of carboxylic acid groups (broad SMARTS) is 1. The molecule has 2 aliphatic rings. The van der Waals surface area contributed by atoms with Crippen molar-refractivity contribution in [3.8, 4) is 5.69 Å². The fourth-order valence-corrected chi connectivity index (χ4v) is 3.82. The fourth-order valence-electron chi connectivity index (χ4n) is 3.82. The molecule has 0 spiro atoms. The first kappa shape index (κ1) is 20.9. The zero-order valence-electron chi connectivity index (χ0n) is 16.6. The molecule has 158 valence electrons. The number of aryl methyl sites for hydroxylation is 1. The lowest BCUT2D eigenvalue weighted by Crippen LogP contribution is -2.51. The third-order valence-electron chi connectivity index (χ3n) is 4.94. The van der Waals surface area contributed by atoms with E-state index in [0.717, 1.165) is 50.8 Å². The average molecular weight is 405 g/mol. The van der Waals surface area contributed by atoms with Gasteiger partial charge in [0.15, 0.2) is 5.82 Å². The Kier molecular flexibility index (Phi) is 6.60. The van der Waals surface area contributed by atoms with E-state index in [0.29, 0.717) is 11.9 Å². The molecule has 3 heterocycles. The quantitative estimate of drug-likeness (QED) is 0.630. The molecule has 2 aromatic rings. The first-order valence-corrected chi connectivity index (χ1v) is 9.61. The highest BCUT2D eigenvalue weighted by atomic mass is 16.5. The van der Waals surface area contributed by atoms with E-state index in [1.165, 1.54) is 0 Å². The van der Waals surface area contributed by atoms with Crippen molar-refractivity contribution < 1.29 is 19.4 Å². The SMILES string of the molecule is CC(=O)O.Cn1cc(-n2nc(CC(N)=O)nc2[C@H]2CC[C@H]3OCCN[C@@H]3C2)cn1. The van der Waals surface area contributed by atoms with Gasteiger partial charge in [0.1, 0.15) is 11.5 Å². The molecule has 1 amide bonds. The Morgan fingerprint density at radius 2 is 2.17 bits per heavy atom. The number of hydrogen-bond donors (Lipinski definition) is 3. The molecule has 0 unspecified atom stereocenters. The Morgan fingerprint density at radius 1 is 1.41 bits per heavy atom. The van der Waals surface area contributed by atoms with Crippen molar-refractivity contribution in [3.63, 3.8) is 0 Å². The molecule has 4 rings (SSSR count). The van der Waals surface area contributed by atoms with Gasteiger partial charge in [0, 0.05) is 32.5 Å². The van der Waals surface area contributed by atoms with Crippen molar-refractivity contribution in [2.45, 2.75) is 50.7 Å². The molecule has 2 aromatic heterocycles. The van der Waals surface area contributed by atoms with Crippen molar-refractivity contribution in [3.05, 3.63) is 24.0 Å². The minimum Gasteiger partial charge on any atom is -0.481 e. The summed E-state index contributed by atoms with van der Waals surface area (Å²) >= 11 is 0. The number of nitrogens with zero attached hydrogens (tertiary/aromatic N) is 5. The lowest BCUT2D eigenvalue weighted by atomic mass is 9.82. The minimum absolute atomic E-state index is 0.0421. The van der Waals surface area contributed by atoms with E-state index in [9.17, 15) is 4.79 Å². The lowest BCUT2D eigenvalue weighted by molar-refractivity contribution is -0.134. The van der Waals surface area contributed by atoms with Gasteiger partial charge >= 0.3 is 0 Å². The Morgan fingerprint density at radius 3 is 2.83 bits per heavy atom. The number of fused-ring (bicyclic) bond motifs is 1. The van der Waals surface area contributed by atoms with E-state index in [1.807, 2.05) is 13.2 Å². The molecule has 4 N–H and O–H groups in total. The van der Waals surface area contributed by atoms with Gasteiger partial charge in [0.2, 0.25) is 5.91 Å². The van der Waals surface area contributed by atoms with Crippen LogP contribution >= 0.6 is 0 Å². The van der Waals surface area contributed by atoms with E-state index in [4.69, 9.17) is 20.4 Å². The highest BCUT2D eigenvalue weighted by Gasteiger charge is 2.36. The third-order valence-corrected chi connectivity index (χ3v) is 4.94. The second-order valence-electron chi connectivity index (χ2n) is 7.31. The first-order chi connectivity index (χ1) is 13.8. The van der Waals surface area contributed by atoms with Crippen LogP contribution in [-0.2, 0) is 27.8 Å². The number of carbonyl (C=O) groups excluding carboxylic acids is 1. The maximum Gasteiger partial charge on any atom is 0.300 e. The van der Waals surface area contributed by atoms with Gasteiger partial charge in [-0.15, -0.1) is 0 Å². The van der Waals surface area contributed by atoms with Crippen LogP contribution in [0.2, 0.25) is 0 Å². The summed E-state index contributed by atoms with van der Waals surface area (Å²) in [5.41, 5.74) is 6.16. The lowest BCUT2D eigenvalue weighted by Gasteiger charge is -2.39. The number of primary amides is 1. The van der Waals surface area contributed by atoms with Gasteiger partial charge < -0.3 is 20.9 Å². The van der Waals surface area contributed by atoms with Crippen molar-refractivity contribution in [2.24, 2.45) is 12.8 Å². The summed E-state index contributed by atoms with van der Waals surface area (Å²) in [7, 11) is 1.86. The molecule has 29 heavy (non-hydrogen) atoms. The number of aliphatic carboxylic acids is 1. The standard InChI is InChI=1S/C16H23N7O2.C2H4O2/c1-22-9-11(8-19-22)23-16(20-15(21-23)7-14(17)24)10-2-3-13-12(6-10)18-4-5-25-13;1-2(3)4/h8-10,12-13,18H,2-7H2,1H3,(H2,17,24);1H3,(H,3,4)/t10-,12+,13+;/m0./s1. The molecule has 11 nitrogen and oxygen atoms in total. The maximum atomic E-state index is 11.3. The van der Waals surface area contributed by atoms with Crippen molar-refractivity contribution in [1.29, 1.82) is 0 Å². The van der Waals surface area contributed by atoms with Gasteiger partial charge in [-0.2, -0.15) is 10.2 Å². The number of hydrogen-bond acceptors (Lipinski definition) is 7. The molecule has 1 saturated carbocycles. The summed E-state index contributed by atoms with van der Waals surface area (Å²) < 4.78 is 9.39. The van der Waals surface area contributed by atoms with Crippen LogP contribution in [-0.4, -0.2) is 66.8 Å². The summed E-state index contributed by atoms with van der Waals surface area (Å²) in [6.45, 7) is 2.75. The molecule has 1 aliphatic heterocycles. The zero-order valence-corrected chi connectivity index (χ0v) is 16.6. The summed E-state index contributed by atoms with van der Waals surface area (Å²) in [5.74, 6) is 0.321. The molecule has 0 aromatic carbocycles. The number of carboxylic acids is 1. The van der Waals surface area contributed by atoms with E-state index in [1.54, 1.807) is 15.6 Å². The smallest absolute Gasteiger partial charge is 0.300 e. The molecular formula is C18H27N7O4. The van der Waals surface area contributed by atoms with Gasteiger partial charge in [-0.3, -0.25) is 14.3 Å². The fraction of sp³-hybridized carbons (Fsp3) is 0.611. The van der Waals surface area contributed by atoms with Gasteiger partial charge in [0.25, 0.3) is 5.97 Å². The largest absolute Gasteiger partial charge is 0.481 e. The molecule has 0 radical (unpaired) electrons. The normalized spacial score (nSPS) is 23.6. The zero-order chi connectivity index (χ0) is 21.0. The van der Waals surface area contributed by atoms with E-state index in [2.05, 4.69) is 20.5 Å². The number of nitrogens with one attached hydrogen (secondary N) is 1. The molecule has 1 aliphatic carbocycles. The van der Waals surface area contributed by atoms with Crippen molar-refractivity contribution in [2.75, 3.05) is 13.2 Å². The topological polar surface area (TPSA) is 150 Å². The predicted molar refractivity (Wildman–Crippen MR) is 102 cm³/mol. The number of morpholine rings is 1. The average Bonchev–Trinajstić information content (AvgIpc) is 3.26. The van der Waals surface area contributed by atoms with Crippen LogP contribution in [0.3, 0.4) is 0 Å². The van der Waals surface area contributed by atoms with E-state index in [-0.39, 0.29) is 18.4 Å². The summed E-state index contributed by atoms with van der Waals surface area (Å²) in [6.07, 6.45) is 6.88. The Bertz CT molecular complexity index is 858. The monoisotopic (exact) mass is 405 g/mol. The van der Waals surface area contributed by atoms with Crippen LogP contribution in [0.25, 0.3) is 5.69 Å². The predicted octanol–water partition coefficient (Wildman–Crippen LogP) is -0.256. The number of nitrogens with two attached hydrogens (primary N) is 1. The van der Waals surface area contributed by atoms with Crippen LogP contribution in [0.1, 0.15) is 43.8 Å². The molecule has 11 heteroatoms. The van der Waals surface area contributed by atoms with Crippen LogP contribution in [0.15, 0.2) is 12.4 Å². The van der Waals surface area contributed by atoms with Crippen molar-refractivity contribution >= 4 is 11.9 Å². The van der Waals surface area contributed by atoms with E-state index < -0.39 is 11.9 Å². The Hall–Kier alpha value is -2.79. The highest BCUT2D eigenvalue weighted by molar-refractivity contribution is 5.75. The van der Waals surface area contributed by atoms with E-state index >= 15 is 0 Å². The van der Waals surface area contributed by atoms with Crippen LogP contribution in [0.5, 0.6) is 0 Å². The molecule has 1 saturated heterocycles. The highest BCUT2D eigenvalue weighted by Crippen LogP contribution is 2.35. The van der Waals surface area contributed by atoms with Crippen LogP contribution < -0.4 is 11.1 Å². The van der Waals surface area contributed by atoms with Gasteiger partial charge in [-0.1, -0.05) is 0 Å². The second-order valence-corrected chi connectivity index (χ2v) is 7.31. The van der Waals surface area contributed by atoms with Crippen LogP contribution in [0, 0.1) is 0 Å². The molecule has 0 bridgehead atoms. The maximum absolute atomic E-state index is 11.3. The molecular weight excluding hydrogens is 378 g/mol. The summed E-state index contributed by atoms with van der Waals surface area (Å²) in [6, 6.07) is 0.339. The minimum atomic E-state index is -0.833. The van der Waals surface area contributed by atoms with Gasteiger partial charge in [-0.05, 0) is 19.3 Å². The van der Waals surface area contributed by atoms with Crippen molar-refractivity contribution in [1.82, 2.24) is 29.9 Å². The molecule has 3 atom stereocenters. The summed E-state index contributed by atoms with van der Waals surface area (Å²) in [4.78, 5) is 24.9. The Labute approximate surface area is 168 Å². The van der Waals surface area contributed by atoms with Gasteiger partial charge in [-0.25, -0.2) is 9.67 Å². The number of amides is 1. The number of carbonyl (C=O) groups is 2. The number of ether oxygens (including phenoxy) is 1. The third kappa shape index (κ3) is 5.39. The number of aromatic nitrogens is 5. The van der Waals surface area contributed by atoms with Crippen LogP contribution in [0.4, 0.5) is 0 Å². The second kappa shape index (κ2) is 9.14. The van der Waals surface area contributed by atoms with Gasteiger partial charge in [0.05, 0.1) is 31.5 Å². The summed E-state index contributed by atoms with van der Waals surface area (Å²) in [5, 5.41) is 19.7. The molecule has 2 fully saturated rings.